The van der Waals surface area contributed by atoms with Gasteiger partial charge in [0.15, 0.2) is 0 Å². The first-order valence-electron chi connectivity index (χ1n) is 5.96. The van der Waals surface area contributed by atoms with Crippen LogP contribution in [0.5, 0.6) is 0 Å². The van der Waals surface area contributed by atoms with E-state index in [9.17, 15) is 13.6 Å². The number of amides is 1. The van der Waals surface area contributed by atoms with E-state index in [2.05, 4.69) is 5.32 Å². The molecule has 0 aromatic heterocycles. The zero-order valence-electron chi connectivity index (χ0n) is 9.79. The number of nitrogens with one attached hydrogen (secondary N) is 1. The summed E-state index contributed by atoms with van der Waals surface area (Å²) in [5.41, 5.74) is 5.57. The highest BCUT2D eigenvalue weighted by atomic mass is 19.3. The monoisotopic (exact) mass is 250 g/mol. The highest BCUT2D eigenvalue weighted by molar-refractivity contribution is 5.79. The van der Waals surface area contributed by atoms with Crippen LogP contribution in [0, 0.1) is 11.8 Å². The van der Waals surface area contributed by atoms with Gasteiger partial charge in [-0.2, -0.15) is 0 Å². The number of aliphatic hydroxyl groups excluding tert-OH is 1. The highest BCUT2D eigenvalue weighted by Gasteiger charge is 2.33. The van der Waals surface area contributed by atoms with Gasteiger partial charge in [0, 0.05) is 5.92 Å². The van der Waals surface area contributed by atoms with Gasteiger partial charge in [-0.3, -0.25) is 4.79 Å². The summed E-state index contributed by atoms with van der Waals surface area (Å²) in [5.74, 6) is -3.79. The van der Waals surface area contributed by atoms with E-state index in [0.717, 1.165) is 19.3 Å². The number of hydrogen-bond donors (Lipinski definition) is 3. The Bertz CT molecular complexity index is 262. The maximum Gasteiger partial charge on any atom is 0.287 e. The lowest BCUT2D eigenvalue weighted by molar-refractivity contribution is -0.130. The fraction of sp³-hybridized carbons (Fsp3) is 0.909. The summed E-state index contributed by atoms with van der Waals surface area (Å²) in [6.45, 7) is -1.65. The maximum absolute atomic E-state index is 12.8. The Hall–Kier alpha value is -0.750. The average molecular weight is 250 g/mol. The minimum atomic E-state index is -3.25. The van der Waals surface area contributed by atoms with Crippen molar-refractivity contribution in [1.29, 1.82) is 0 Å². The van der Waals surface area contributed by atoms with Crippen molar-refractivity contribution in [3.8, 4) is 0 Å². The smallest absolute Gasteiger partial charge is 0.287 e. The van der Waals surface area contributed by atoms with Crippen LogP contribution in [0.1, 0.15) is 25.7 Å². The minimum Gasteiger partial charge on any atom is -0.390 e. The van der Waals surface area contributed by atoms with E-state index < -0.39 is 19.1 Å². The molecule has 100 valence electrons. The Balaban J connectivity index is 2.45. The molecule has 1 aliphatic rings. The molecule has 6 heteroatoms. The number of halogens is 2. The van der Waals surface area contributed by atoms with Gasteiger partial charge in [-0.25, -0.2) is 8.78 Å². The second-order valence-corrected chi connectivity index (χ2v) is 4.62. The molecule has 0 bridgehead atoms. The van der Waals surface area contributed by atoms with Gasteiger partial charge in [0.25, 0.3) is 5.92 Å². The van der Waals surface area contributed by atoms with Gasteiger partial charge >= 0.3 is 0 Å². The third-order valence-corrected chi connectivity index (χ3v) is 3.30. The lowest BCUT2D eigenvalue weighted by Crippen LogP contribution is -2.44. The zero-order valence-corrected chi connectivity index (χ0v) is 9.79. The van der Waals surface area contributed by atoms with Crippen LogP contribution in [-0.2, 0) is 4.79 Å². The molecular weight excluding hydrogens is 230 g/mol. The number of nitrogens with two attached hydrogens (primary N) is 1. The second-order valence-electron chi connectivity index (χ2n) is 4.62. The van der Waals surface area contributed by atoms with Crippen LogP contribution >= 0.6 is 0 Å². The molecule has 0 aliphatic heterocycles. The molecular formula is C11H20F2N2O2. The third-order valence-electron chi connectivity index (χ3n) is 3.30. The topological polar surface area (TPSA) is 75.4 Å². The quantitative estimate of drug-likeness (QED) is 0.665. The summed E-state index contributed by atoms with van der Waals surface area (Å²) in [5, 5.41) is 10.6. The molecule has 17 heavy (non-hydrogen) atoms. The summed E-state index contributed by atoms with van der Waals surface area (Å²) < 4.78 is 25.5. The minimum absolute atomic E-state index is 0.0894. The normalized spacial score (nSPS) is 25.6. The van der Waals surface area contributed by atoms with E-state index in [1.54, 1.807) is 0 Å². The van der Waals surface area contributed by atoms with Crippen molar-refractivity contribution in [2.75, 3.05) is 19.7 Å². The summed E-state index contributed by atoms with van der Waals surface area (Å²) >= 11 is 0. The van der Waals surface area contributed by atoms with Gasteiger partial charge in [0.2, 0.25) is 5.91 Å². The van der Waals surface area contributed by atoms with Crippen molar-refractivity contribution in [2.45, 2.75) is 31.6 Å². The second kappa shape index (κ2) is 6.26. The first-order chi connectivity index (χ1) is 8.00. The number of carbonyl (C=O) groups excluding carboxylic acids is 1. The van der Waals surface area contributed by atoms with Crippen molar-refractivity contribution in [2.24, 2.45) is 17.6 Å². The van der Waals surface area contributed by atoms with Gasteiger partial charge in [-0.15, -0.1) is 0 Å². The van der Waals surface area contributed by atoms with E-state index in [1.165, 1.54) is 0 Å². The third kappa shape index (κ3) is 4.20. The maximum atomic E-state index is 12.8. The van der Waals surface area contributed by atoms with Crippen LogP contribution in [0.4, 0.5) is 8.78 Å². The molecule has 0 spiro atoms. The van der Waals surface area contributed by atoms with Crippen LogP contribution in [0.15, 0.2) is 0 Å². The molecule has 4 nitrogen and oxygen atoms in total. The first-order valence-corrected chi connectivity index (χ1v) is 5.96. The van der Waals surface area contributed by atoms with E-state index in [4.69, 9.17) is 10.8 Å². The Kier molecular flexibility index (Phi) is 5.27. The standard InChI is InChI=1S/C11H20F2N2O2/c12-11(13,7-16)6-15-10(17)9-4-2-1-3-8(9)5-14/h8-9,16H,1-7,14H2,(H,15,17). The molecule has 2 atom stereocenters. The molecule has 0 aromatic rings. The van der Waals surface area contributed by atoms with E-state index >= 15 is 0 Å². The van der Waals surface area contributed by atoms with Crippen molar-refractivity contribution in [3.05, 3.63) is 0 Å². The molecule has 1 amide bonds. The molecule has 1 saturated carbocycles. The number of alkyl halides is 2. The molecule has 4 N–H and O–H groups in total. The fourth-order valence-corrected chi connectivity index (χ4v) is 2.24. The fourth-order valence-electron chi connectivity index (χ4n) is 2.24. The number of hydrogen-bond acceptors (Lipinski definition) is 3. The SMILES string of the molecule is NCC1CCCCC1C(=O)NCC(F)(F)CO. The van der Waals surface area contributed by atoms with Crippen LogP contribution in [0.3, 0.4) is 0 Å². The average Bonchev–Trinajstić information content (AvgIpc) is 2.36. The number of aliphatic hydroxyl groups is 1. The largest absolute Gasteiger partial charge is 0.390 e. The molecule has 2 unspecified atom stereocenters. The summed E-state index contributed by atoms with van der Waals surface area (Å²) in [6, 6.07) is 0. The van der Waals surface area contributed by atoms with E-state index in [0.29, 0.717) is 13.0 Å². The molecule has 1 fully saturated rings. The summed E-state index contributed by atoms with van der Waals surface area (Å²) in [7, 11) is 0. The van der Waals surface area contributed by atoms with E-state index in [-0.39, 0.29) is 17.7 Å². The molecule has 0 heterocycles. The van der Waals surface area contributed by atoms with Gasteiger partial charge in [0.05, 0.1) is 6.54 Å². The summed E-state index contributed by atoms with van der Waals surface area (Å²) in [6.07, 6.45) is 3.56. The molecule has 0 radical (unpaired) electrons. The lowest BCUT2D eigenvalue weighted by atomic mass is 9.79. The molecule has 0 saturated heterocycles. The lowest BCUT2D eigenvalue weighted by Gasteiger charge is -2.30. The van der Waals surface area contributed by atoms with Crippen LogP contribution in [-0.4, -0.2) is 36.6 Å². The first kappa shape index (κ1) is 14.3. The van der Waals surface area contributed by atoms with Crippen molar-refractivity contribution >= 4 is 5.91 Å². The molecule has 0 aromatic carbocycles. The van der Waals surface area contributed by atoms with Crippen LogP contribution in [0.25, 0.3) is 0 Å². The zero-order chi connectivity index (χ0) is 12.9. The number of rotatable bonds is 5. The Morgan fingerprint density at radius 1 is 1.41 bits per heavy atom. The van der Waals surface area contributed by atoms with Gasteiger partial charge in [0.1, 0.15) is 6.61 Å². The van der Waals surface area contributed by atoms with Gasteiger partial charge in [-0.05, 0) is 25.3 Å². The number of carbonyl (C=O) groups is 1. The highest BCUT2D eigenvalue weighted by Crippen LogP contribution is 2.29. The van der Waals surface area contributed by atoms with Crippen molar-refractivity contribution in [1.82, 2.24) is 5.32 Å². The molecule has 1 rings (SSSR count). The van der Waals surface area contributed by atoms with Gasteiger partial charge in [-0.1, -0.05) is 12.8 Å². The predicted octanol–water partition coefficient (Wildman–Crippen LogP) is 0.495. The van der Waals surface area contributed by atoms with E-state index in [1.807, 2.05) is 0 Å². The molecule has 1 aliphatic carbocycles. The van der Waals surface area contributed by atoms with Crippen molar-refractivity contribution < 1.29 is 18.7 Å². The van der Waals surface area contributed by atoms with Gasteiger partial charge < -0.3 is 16.2 Å². The van der Waals surface area contributed by atoms with Crippen LogP contribution in [0.2, 0.25) is 0 Å². The van der Waals surface area contributed by atoms with Crippen LogP contribution < -0.4 is 11.1 Å². The van der Waals surface area contributed by atoms with Crippen molar-refractivity contribution in [3.63, 3.8) is 0 Å². The Morgan fingerprint density at radius 2 is 2.06 bits per heavy atom. The Morgan fingerprint density at radius 3 is 2.65 bits per heavy atom. The Labute approximate surface area is 99.6 Å². The predicted molar refractivity (Wildman–Crippen MR) is 59.5 cm³/mol. The summed E-state index contributed by atoms with van der Waals surface area (Å²) in [4.78, 5) is 11.7.